The highest BCUT2D eigenvalue weighted by atomic mass is 35.5. The molecule has 1 amide bonds. The number of rotatable bonds is 7. The lowest BCUT2D eigenvalue weighted by molar-refractivity contribution is -0.113. The Hall–Kier alpha value is -2.66. The lowest BCUT2D eigenvalue weighted by Gasteiger charge is -2.36. The van der Waals surface area contributed by atoms with Gasteiger partial charge in [0, 0.05) is 51.2 Å². The van der Waals surface area contributed by atoms with Crippen LogP contribution in [0.4, 0.5) is 11.5 Å². The summed E-state index contributed by atoms with van der Waals surface area (Å²) in [5, 5.41) is 16.1. The number of carbonyl (C=O) groups is 1. The number of nitrogens with zero attached hydrogens (tertiary/aromatic N) is 5. The Labute approximate surface area is 207 Å². The number of ether oxygens (including phenoxy) is 1. The van der Waals surface area contributed by atoms with Crippen LogP contribution in [0.1, 0.15) is 5.69 Å². The predicted molar refractivity (Wildman–Crippen MR) is 135 cm³/mol. The first-order chi connectivity index (χ1) is 16.6. The van der Waals surface area contributed by atoms with Crippen molar-refractivity contribution in [1.82, 2.24) is 25.4 Å². The van der Waals surface area contributed by atoms with Crippen LogP contribution in [0.5, 0.6) is 5.75 Å². The molecular formula is C23H26ClN7O2S. The van der Waals surface area contributed by atoms with Crippen molar-refractivity contribution in [2.24, 2.45) is 0 Å². The van der Waals surface area contributed by atoms with Gasteiger partial charge in [-0.1, -0.05) is 11.6 Å². The lowest BCUT2D eigenvalue weighted by atomic mass is 10.1. The van der Waals surface area contributed by atoms with Gasteiger partial charge in [0.2, 0.25) is 5.91 Å². The number of hydrogen-bond donors (Lipinski definition) is 2. The van der Waals surface area contributed by atoms with Crippen LogP contribution in [-0.2, 0) is 11.3 Å². The van der Waals surface area contributed by atoms with Crippen molar-refractivity contribution in [3.63, 3.8) is 0 Å². The zero-order chi connectivity index (χ0) is 23.5. The predicted octanol–water partition coefficient (Wildman–Crippen LogP) is 2.64. The molecule has 34 heavy (non-hydrogen) atoms. The molecule has 0 atom stereocenters. The standard InChI is InChI=1S/C23H26ClN7O2S/c1-33-16-3-4-18-17(12-16)21(22(24)29-28-18)31-10-8-30(9-11-31)7-6-25-13-15-2-5-19-23(26-15)27-20(32)14-34-19/h2-5,12,25H,6-11,13-14H2,1H3,(H,26,27,32). The van der Waals surface area contributed by atoms with Crippen molar-refractivity contribution in [1.29, 1.82) is 0 Å². The second-order valence-electron chi connectivity index (χ2n) is 8.21. The molecule has 3 aromatic rings. The summed E-state index contributed by atoms with van der Waals surface area (Å²) in [4.78, 5) is 21.9. The normalized spacial score (nSPS) is 16.4. The molecule has 11 heteroatoms. The summed E-state index contributed by atoms with van der Waals surface area (Å²) in [6.07, 6.45) is 0. The number of carbonyl (C=O) groups excluding carboxylic acids is 1. The van der Waals surface area contributed by atoms with Gasteiger partial charge in [-0.3, -0.25) is 9.69 Å². The highest BCUT2D eigenvalue weighted by molar-refractivity contribution is 8.00. The topological polar surface area (TPSA) is 95.5 Å². The molecule has 0 unspecified atom stereocenters. The van der Waals surface area contributed by atoms with Crippen LogP contribution in [0.25, 0.3) is 10.9 Å². The number of anilines is 2. The van der Waals surface area contributed by atoms with Gasteiger partial charge in [0.15, 0.2) is 5.15 Å². The lowest BCUT2D eigenvalue weighted by Crippen LogP contribution is -2.48. The van der Waals surface area contributed by atoms with Gasteiger partial charge >= 0.3 is 0 Å². The molecule has 2 N–H and O–H groups in total. The number of piperazine rings is 1. The van der Waals surface area contributed by atoms with E-state index in [9.17, 15) is 4.79 Å². The van der Waals surface area contributed by atoms with Gasteiger partial charge in [0.25, 0.3) is 0 Å². The van der Waals surface area contributed by atoms with Crippen LogP contribution in [0.2, 0.25) is 5.15 Å². The van der Waals surface area contributed by atoms with Gasteiger partial charge in [-0.15, -0.1) is 22.0 Å². The third-order valence-electron chi connectivity index (χ3n) is 6.03. The Morgan fingerprint density at radius 3 is 2.85 bits per heavy atom. The number of aromatic nitrogens is 3. The van der Waals surface area contributed by atoms with E-state index in [4.69, 9.17) is 16.3 Å². The summed E-state index contributed by atoms with van der Waals surface area (Å²) >= 11 is 8.00. The average Bonchev–Trinajstić information content (AvgIpc) is 2.86. The summed E-state index contributed by atoms with van der Waals surface area (Å²) in [5.74, 6) is 1.90. The van der Waals surface area contributed by atoms with Gasteiger partial charge in [-0.2, -0.15) is 0 Å². The van der Waals surface area contributed by atoms with E-state index >= 15 is 0 Å². The maximum Gasteiger partial charge on any atom is 0.235 e. The highest BCUT2D eigenvalue weighted by Gasteiger charge is 2.22. The second-order valence-corrected chi connectivity index (χ2v) is 9.59. The average molecular weight is 500 g/mol. The first kappa shape index (κ1) is 23.1. The molecule has 0 radical (unpaired) electrons. The summed E-state index contributed by atoms with van der Waals surface area (Å²) in [6.45, 7) is 6.07. The van der Waals surface area contributed by atoms with E-state index in [-0.39, 0.29) is 5.91 Å². The number of hydrogen-bond acceptors (Lipinski definition) is 9. The molecule has 0 saturated carbocycles. The Bertz CT molecular complexity index is 1200. The number of thioether (sulfide) groups is 1. The fraction of sp³-hybridized carbons (Fsp3) is 0.391. The van der Waals surface area contributed by atoms with Crippen molar-refractivity contribution in [3.05, 3.63) is 41.2 Å². The Morgan fingerprint density at radius 1 is 1.18 bits per heavy atom. The quantitative estimate of drug-likeness (QED) is 0.475. The minimum Gasteiger partial charge on any atom is -0.497 e. The molecule has 4 heterocycles. The second kappa shape index (κ2) is 10.3. The van der Waals surface area contributed by atoms with Crippen molar-refractivity contribution in [2.45, 2.75) is 11.4 Å². The molecule has 0 bridgehead atoms. The molecule has 1 aromatic carbocycles. The maximum absolute atomic E-state index is 11.6. The van der Waals surface area contributed by atoms with Crippen LogP contribution in [0.15, 0.2) is 35.2 Å². The van der Waals surface area contributed by atoms with Gasteiger partial charge in [0.1, 0.15) is 11.6 Å². The smallest absolute Gasteiger partial charge is 0.235 e. The van der Waals surface area contributed by atoms with E-state index in [1.54, 1.807) is 7.11 Å². The summed E-state index contributed by atoms with van der Waals surface area (Å²) in [7, 11) is 1.66. The van der Waals surface area contributed by atoms with Crippen molar-refractivity contribution < 1.29 is 9.53 Å². The summed E-state index contributed by atoms with van der Waals surface area (Å²) < 4.78 is 5.39. The number of nitrogens with one attached hydrogen (secondary N) is 2. The highest BCUT2D eigenvalue weighted by Crippen LogP contribution is 2.34. The van der Waals surface area contributed by atoms with E-state index in [0.29, 0.717) is 23.3 Å². The molecule has 5 rings (SSSR count). The van der Waals surface area contributed by atoms with Gasteiger partial charge < -0.3 is 20.3 Å². The Morgan fingerprint density at radius 2 is 2.03 bits per heavy atom. The van der Waals surface area contributed by atoms with E-state index in [1.807, 2.05) is 30.3 Å². The molecule has 1 fully saturated rings. The molecule has 1 saturated heterocycles. The molecule has 2 aromatic heterocycles. The van der Waals surface area contributed by atoms with Gasteiger partial charge in [0.05, 0.1) is 34.7 Å². The van der Waals surface area contributed by atoms with E-state index in [0.717, 1.165) is 72.2 Å². The molecule has 9 nitrogen and oxygen atoms in total. The first-order valence-electron chi connectivity index (χ1n) is 11.2. The van der Waals surface area contributed by atoms with Crippen molar-refractivity contribution in [3.8, 4) is 5.75 Å². The SMILES string of the molecule is COc1ccc2nnc(Cl)c(N3CCN(CCNCc4ccc5c(n4)NC(=O)CS5)CC3)c2c1. The zero-order valence-electron chi connectivity index (χ0n) is 18.9. The number of amides is 1. The minimum absolute atomic E-state index is 0.00483. The monoisotopic (exact) mass is 499 g/mol. The molecular weight excluding hydrogens is 474 g/mol. The van der Waals surface area contributed by atoms with Crippen LogP contribution < -0.4 is 20.3 Å². The maximum atomic E-state index is 11.6. The molecule has 2 aliphatic rings. The fourth-order valence-corrected chi connectivity index (χ4v) is 5.24. The molecule has 0 spiro atoms. The number of benzene rings is 1. The van der Waals surface area contributed by atoms with E-state index in [2.05, 4.69) is 35.6 Å². The Kier molecular flexibility index (Phi) is 7.00. The van der Waals surface area contributed by atoms with Crippen molar-refractivity contribution in [2.75, 3.05) is 62.3 Å². The number of pyridine rings is 1. The molecule has 0 aliphatic carbocycles. The van der Waals surface area contributed by atoms with Gasteiger partial charge in [-0.25, -0.2) is 4.98 Å². The van der Waals surface area contributed by atoms with Crippen LogP contribution in [0.3, 0.4) is 0 Å². The van der Waals surface area contributed by atoms with Crippen LogP contribution in [0, 0.1) is 0 Å². The number of halogens is 1. The minimum atomic E-state index is 0.00483. The summed E-state index contributed by atoms with van der Waals surface area (Å²) in [5.41, 5.74) is 2.65. The third-order valence-corrected chi connectivity index (χ3v) is 7.33. The molecule has 2 aliphatic heterocycles. The van der Waals surface area contributed by atoms with Crippen molar-refractivity contribution >= 4 is 51.7 Å². The van der Waals surface area contributed by atoms with Crippen LogP contribution in [-0.4, -0.2) is 78.1 Å². The number of fused-ring (bicyclic) bond motifs is 2. The van der Waals surface area contributed by atoms with Crippen LogP contribution >= 0.6 is 23.4 Å². The zero-order valence-corrected chi connectivity index (χ0v) is 20.5. The van der Waals surface area contributed by atoms with E-state index < -0.39 is 0 Å². The van der Waals surface area contributed by atoms with Gasteiger partial charge in [-0.05, 0) is 30.3 Å². The largest absolute Gasteiger partial charge is 0.497 e. The van der Waals surface area contributed by atoms with E-state index in [1.165, 1.54) is 11.8 Å². The summed E-state index contributed by atoms with van der Waals surface area (Å²) in [6, 6.07) is 9.81. The first-order valence-corrected chi connectivity index (χ1v) is 12.6. The molecule has 178 valence electrons. The number of methoxy groups -OCH3 is 1. The fourth-order valence-electron chi connectivity index (χ4n) is 4.23. The third kappa shape index (κ3) is 5.05. The Balaban J connectivity index is 1.13.